The summed E-state index contributed by atoms with van der Waals surface area (Å²) in [6, 6.07) is 7.78. The van der Waals surface area contributed by atoms with Gasteiger partial charge in [-0.15, -0.1) is 12.4 Å². The molecule has 0 bridgehead atoms. The molecule has 0 saturated carbocycles. The van der Waals surface area contributed by atoms with E-state index in [1.807, 2.05) is 48.3 Å². The summed E-state index contributed by atoms with van der Waals surface area (Å²) >= 11 is 6.08. The van der Waals surface area contributed by atoms with E-state index in [1.54, 1.807) is 6.20 Å². The Hall–Kier alpha value is -2.11. The van der Waals surface area contributed by atoms with Crippen LogP contribution in [-0.2, 0) is 7.05 Å². The maximum atomic E-state index is 6.08. The molecule has 0 N–H and O–H groups in total. The van der Waals surface area contributed by atoms with E-state index in [-0.39, 0.29) is 12.4 Å². The molecule has 0 radical (unpaired) electrons. The Morgan fingerprint density at radius 2 is 1.93 bits per heavy atom. The third kappa shape index (κ3) is 4.09. The lowest BCUT2D eigenvalue weighted by molar-refractivity contribution is 0.442. The van der Waals surface area contributed by atoms with Crippen molar-refractivity contribution < 1.29 is 0 Å². The number of imidazole rings is 1. The van der Waals surface area contributed by atoms with Gasteiger partial charge in [0, 0.05) is 49.3 Å². The molecule has 1 aromatic carbocycles. The average Bonchev–Trinajstić information content (AvgIpc) is 3.08. The number of halogens is 2. The maximum absolute atomic E-state index is 6.08. The standard InChI is InChI=1S/C20H22ClN5.ClH/c1-14-4-3-10-26(13-14)20-23-12-17(19-22-9-11-25(19)2)18(24-20)15-5-7-16(21)8-6-15;/h5-9,11-12,14H,3-4,10,13H2,1-2H3;1H. The van der Waals surface area contributed by atoms with E-state index >= 15 is 0 Å². The first-order valence-corrected chi connectivity index (χ1v) is 9.35. The summed E-state index contributed by atoms with van der Waals surface area (Å²) in [5, 5.41) is 0.714. The van der Waals surface area contributed by atoms with Crippen molar-refractivity contribution in [2.45, 2.75) is 19.8 Å². The topological polar surface area (TPSA) is 46.8 Å². The molecule has 7 heteroatoms. The molecule has 5 nitrogen and oxygen atoms in total. The number of benzene rings is 1. The largest absolute Gasteiger partial charge is 0.341 e. The van der Waals surface area contributed by atoms with Gasteiger partial charge < -0.3 is 9.47 Å². The van der Waals surface area contributed by atoms with Crippen molar-refractivity contribution in [1.82, 2.24) is 19.5 Å². The summed E-state index contributed by atoms with van der Waals surface area (Å²) in [6.45, 7) is 4.29. The lowest BCUT2D eigenvalue weighted by Gasteiger charge is -2.31. The maximum Gasteiger partial charge on any atom is 0.225 e. The van der Waals surface area contributed by atoms with Crippen LogP contribution in [0.15, 0.2) is 42.9 Å². The number of anilines is 1. The smallest absolute Gasteiger partial charge is 0.225 e. The van der Waals surface area contributed by atoms with Crippen LogP contribution in [0.5, 0.6) is 0 Å². The second-order valence-corrected chi connectivity index (χ2v) is 7.43. The predicted molar refractivity (Wildman–Crippen MR) is 113 cm³/mol. The number of rotatable bonds is 3. The van der Waals surface area contributed by atoms with Crippen molar-refractivity contribution >= 4 is 30.0 Å². The number of hydrogen-bond acceptors (Lipinski definition) is 4. The monoisotopic (exact) mass is 403 g/mol. The minimum atomic E-state index is 0. The minimum absolute atomic E-state index is 0. The zero-order valence-electron chi connectivity index (χ0n) is 15.5. The Morgan fingerprint density at radius 1 is 1.15 bits per heavy atom. The van der Waals surface area contributed by atoms with Crippen molar-refractivity contribution in [3.63, 3.8) is 0 Å². The molecule has 1 aliphatic heterocycles. The van der Waals surface area contributed by atoms with Crippen LogP contribution in [0.1, 0.15) is 19.8 Å². The van der Waals surface area contributed by atoms with Crippen molar-refractivity contribution in [2.24, 2.45) is 13.0 Å². The van der Waals surface area contributed by atoms with Crippen LogP contribution in [0.2, 0.25) is 5.02 Å². The average molecular weight is 404 g/mol. The number of hydrogen-bond donors (Lipinski definition) is 0. The third-order valence-electron chi connectivity index (χ3n) is 4.90. The van der Waals surface area contributed by atoms with Crippen molar-refractivity contribution in [3.8, 4) is 22.6 Å². The third-order valence-corrected chi connectivity index (χ3v) is 5.15. The normalized spacial score (nSPS) is 16.9. The van der Waals surface area contributed by atoms with Gasteiger partial charge in [0.1, 0.15) is 5.82 Å². The second kappa shape index (κ2) is 8.28. The molecule has 0 spiro atoms. The molecule has 1 aliphatic rings. The summed E-state index contributed by atoms with van der Waals surface area (Å²) in [7, 11) is 1.98. The number of nitrogens with zero attached hydrogens (tertiary/aromatic N) is 5. The lowest BCUT2D eigenvalue weighted by Crippen LogP contribution is -2.35. The van der Waals surface area contributed by atoms with E-state index in [0.29, 0.717) is 10.9 Å². The summed E-state index contributed by atoms with van der Waals surface area (Å²) < 4.78 is 1.99. The number of aromatic nitrogens is 4. The van der Waals surface area contributed by atoms with Gasteiger partial charge in [0.15, 0.2) is 0 Å². The van der Waals surface area contributed by atoms with Crippen LogP contribution in [0.3, 0.4) is 0 Å². The molecule has 3 aromatic rings. The highest BCUT2D eigenvalue weighted by molar-refractivity contribution is 6.30. The van der Waals surface area contributed by atoms with Gasteiger partial charge in [-0.25, -0.2) is 15.0 Å². The quantitative estimate of drug-likeness (QED) is 0.626. The Kier molecular flexibility index (Phi) is 6.02. The molecule has 0 aliphatic carbocycles. The number of aryl methyl sites for hydroxylation is 1. The molecule has 27 heavy (non-hydrogen) atoms. The summed E-state index contributed by atoms with van der Waals surface area (Å²) in [4.78, 5) is 16.4. The van der Waals surface area contributed by atoms with Crippen LogP contribution in [0.4, 0.5) is 5.95 Å². The van der Waals surface area contributed by atoms with Crippen molar-refractivity contribution in [3.05, 3.63) is 47.9 Å². The first kappa shape index (κ1) is 19.6. The molecule has 1 unspecified atom stereocenters. The first-order valence-electron chi connectivity index (χ1n) is 8.97. The minimum Gasteiger partial charge on any atom is -0.341 e. The van der Waals surface area contributed by atoms with E-state index in [1.165, 1.54) is 12.8 Å². The van der Waals surface area contributed by atoms with Crippen LogP contribution in [0, 0.1) is 5.92 Å². The van der Waals surface area contributed by atoms with E-state index in [9.17, 15) is 0 Å². The fraction of sp³-hybridized carbons (Fsp3) is 0.350. The Bertz CT molecular complexity index is 907. The van der Waals surface area contributed by atoms with Crippen LogP contribution in [0.25, 0.3) is 22.6 Å². The zero-order valence-corrected chi connectivity index (χ0v) is 17.0. The van der Waals surface area contributed by atoms with Gasteiger partial charge in [-0.2, -0.15) is 0 Å². The van der Waals surface area contributed by atoms with Crippen LogP contribution >= 0.6 is 24.0 Å². The van der Waals surface area contributed by atoms with E-state index < -0.39 is 0 Å². The fourth-order valence-electron chi connectivity index (χ4n) is 3.51. The van der Waals surface area contributed by atoms with Gasteiger partial charge in [-0.1, -0.05) is 30.7 Å². The van der Waals surface area contributed by atoms with Crippen LogP contribution < -0.4 is 4.90 Å². The molecule has 142 valence electrons. The highest BCUT2D eigenvalue weighted by atomic mass is 35.5. The molecular weight excluding hydrogens is 381 g/mol. The SMILES string of the molecule is CC1CCCN(c2ncc(-c3nccn3C)c(-c3ccc(Cl)cc3)n2)C1.Cl. The Balaban J connectivity index is 0.00000210. The summed E-state index contributed by atoms with van der Waals surface area (Å²) in [6.07, 6.45) is 8.07. The molecule has 0 amide bonds. The van der Waals surface area contributed by atoms with Gasteiger partial charge in [-0.3, -0.25) is 0 Å². The van der Waals surface area contributed by atoms with Gasteiger partial charge >= 0.3 is 0 Å². The predicted octanol–water partition coefficient (Wildman–Crippen LogP) is 4.86. The lowest BCUT2D eigenvalue weighted by atomic mass is 10.0. The summed E-state index contributed by atoms with van der Waals surface area (Å²) in [5.74, 6) is 2.31. The Morgan fingerprint density at radius 3 is 2.59 bits per heavy atom. The van der Waals surface area contributed by atoms with Crippen molar-refractivity contribution in [1.29, 1.82) is 0 Å². The number of piperidine rings is 1. The van der Waals surface area contributed by atoms with Gasteiger partial charge in [0.05, 0.1) is 11.3 Å². The van der Waals surface area contributed by atoms with E-state index in [4.69, 9.17) is 16.6 Å². The van der Waals surface area contributed by atoms with E-state index in [0.717, 1.165) is 41.7 Å². The molecule has 1 saturated heterocycles. The molecule has 3 heterocycles. The second-order valence-electron chi connectivity index (χ2n) is 6.99. The zero-order chi connectivity index (χ0) is 18.1. The molecule has 4 rings (SSSR count). The first-order chi connectivity index (χ1) is 12.6. The molecule has 2 aromatic heterocycles. The van der Waals surface area contributed by atoms with Gasteiger partial charge in [0.2, 0.25) is 5.95 Å². The summed E-state index contributed by atoms with van der Waals surface area (Å²) in [5.41, 5.74) is 2.83. The molecular formula is C20H23Cl2N5. The Labute approximate surface area is 170 Å². The van der Waals surface area contributed by atoms with Crippen LogP contribution in [-0.4, -0.2) is 32.6 Å². The van der Waals surface area contributed by atoms with Crippen molar-refractivity contribution in [2.75, 3.05) is 18.0 Å². The highest BCUT2D eigenvalue weighted by Crippen LogP contribution is 2.32. The van der Waals surface area contributed by atoms with E-state index in [2.05, 4.69) is 21.8 Å². The fourth-order valence-corrected chi connectivity index (χ4v) is 3.64. The molecule has 1 fully saturated rings. The molecule has 1 atom stereocenters. The highest BCUT2D eigenvalue weighted by Gasteiger charge is 2.21. The van der Waals surface area contributed by atoms with Gasteiger partial charge in [-0.05, 0) is 30.9 Å². The van der Waals surface area contributed by atoms with Gasteiger partial charge in [0.25, 0.3) is 0 Å².